The molecule has 0 aliphatic carbocycles. The largest absolute Gasteiger partial charge is 0.383 e. The molecule has 3 nitrogen and oxygen atoms in total. The van der Waals surface area contributed by atoms with Gasteiger partial charge in [-0.2, -0.15) is 0 Å². The Morgan fingerprint density at radius 1 is 1.57 bits per heavy atom. The van der Waals surface area contributed by atoms with Crippen molar-refractivity contribution in [2.75, 3.05) is 26.2 Å². The molecule has 0 spiro atoms. The van der Waals surface area contributed by atoms with E-state index in [1.807, 2.05) is 6.21 Å². The van der Waals surface area contributed by atoms with Gasteiger partial charge in [0.1, 0.15) is 0 Å². The SMILES string of the molecule is CC#CCO/N=C/[C@H]1CN2CC[C@H]1C2. The molecule has 0 radical (unpaired) electrons. The highest BCUT2D eigenvalue weighted by Gasteiger charge is 2.36. The summed E-state index contributed by atoms with van der Waals surface area (Å²) in [5.41, 5.74) is 0. The van der Waals surface area contributed by atoms with Gasteiger partial charge in [0.05, 0.1) is 0 Å². The molecule has 2 rings (SSSR count). The van der Waals surface area contributed by atoms with E-state index >= 15 is 0 Å². The standard InChI is InChI=1S/C11H16N2O/c1-2-3-6-14-12-7-11-9-13-5-4-10(11)8-13/h7,10-11H,4-6,8-9H2,1H3/b12-7+/t10-,11-/m0/s1. The molecule has 0 N–H and O–H groups in total. The van der Waals surface area contributed by atoms with Crippen molar-refractivity contribution in [3.05, 3.63) is 0 Å². The van der Waals surface area contributed by atoms with Gasteiger partial charge >= 0.3 is 0 Å². The molecule has 3 atom stereocenters. The zero-order chi connectivity index (χ0) is 9.80. The quantitative estimate of drug-likeness (QED) is 0.288. The Morgan fingerprint density at radius 3 is 3.14 bits per heavy atom. The smallest absolute Gasteiger partial charge is 0.177 e. The van der Waals surface area contributed by atoms with E-state index < -0.39 is 0 Å². The number of rotatable bonds is 3. The first kappa shape index (κ1) is 9.54. The number of piperidine rings is 1. The fourth-order valence-corrected chi connectivity index (χ4v) is 2.26. The molecule has 2 aliphatic rings. The van der Waals surface area contributed by atoms with Crippen molar-refractivity contribution in [2.45, 2.75) is 13.3 Å². The fourth-order valence-electron chi connectivity index (χ4n) is 2.26. The van der Waals surface area contributed by atoms with Crippen LogP contribution in [-0.2, 0) is 4.84 Å². The van der Waals surface area contributed by atoms with E-state index in [-0.39, 0.29) is 0 Å². The first-order valence-corrected chi connectivity index (χ1v) is 5.17. The molecule has 2 saturated heterocycles. The average molecular weight is 192 g/mol. The minimum Gasteiger partial charge on any atom is -0.383 e. The first-order chi connectivity index (χ1) is 6.90. The molecule has 0 aromatic heterocycles. The molecular weight excluding hydrogens is 176 g/mol. The van der Waals surface area contributed by atoms with E-state index in [0.29, 0.717) is 12.5 Å². The van der Waals surface area contributed by atoms with Crippen molar-refractivity contribution in [1.29, 1.82) is 0 Å². The molecule has 2 aliphatic heterocycles. The van der Waals surface area contributed by atoms with Crippen LogP contribution in [0.15, 0.2) is 5.16 Å². The topological polar surface area (TPSA) is 24.8 Å². The van der Waals surface area contributed by atoms with Crippen LogP contribution in [0.4, 0.5) is 0 Å². The predicted octanol–water partition coefficient (Wildman–Crippen LogP) is 0.964. The lowest BCUT2D eigenvalue weighted by molar-refractivity contribution is 0.178. The molecule has 0 aromatic carbocycles. The molecule has 0 saturated carbocycles. The highest BCUT2D eigenvalue weighted by molar-refractivity contribution is 5.61. The highest BCUT2D eigenvalue weighted by Crippen LogP contribution is 2.31. The van der Waals surface area contributed by atoms with Crippen LogP contribution in [0.25, 0.3) is 0 Å². The molecule has 2 heterocycles. The summed E-state index contributed by atoms with van der Waals surface area (Å²) < 4.78 is 0. The van der Waals surface area contributed by atoms with Crippen LogP contribution in [0.5, 0.6) is 0 Å². The lowest BCUT2D eigenvalue weighted by Gasteiger charge is -2.17. The van der Waals surface area contributed by atoms with Gasteiger partial charge < -0.3 is 9.74 Å². The van der Waals surface area contributed by atoms with Gasteiger partial charge in [0.15, 0.2) is 6.61 Å². The summed E-state index contributed by atoms with van der Waals surface area (Å²) in [6.45, 7) is 5.91. The number of hydrogen-bond donors (Lipinski definition) is 0. The Bertz CT molecular complexity index is 277. The maximum Gasteiger partial charge on any atom is 0.177 e. The van der Waals surface area contributed by atoms with Crippen LogP contribution >= 0.6 is 0 Å². The molecule has 2 bridgehead atoms. The third kappa shape index (κ3) is 2.08. The maximum absolute atomic E-state index is 5.02. The van der Waals surface area contributed by atoms with Gasteiger partial charge in [-0.15, -0.1) is 5.92 Å². The second-order valence-corrected chi connectivity index (χ2v) is 3.93. The van der Waals surface area contributed by atoms with Crippen molar-refractivity contribution in [3.63, 3.8) is 0 Å². The normalized spacial score (nSPS) is 34.5. The van der Waals surface area contributed by atoms with Crippen LogP contribution in [0.1, 0.15) is 13.3 Å². The summed E-state index contributed by atoms with van der Waals surface area (Å²) in [6.07, 6.45) is 3.28. The summed E-state index contributed by atoms with van der Waals surface area (Å²) >= 11 is 0. The third-order valence-electron chi connectivity index (χ3n) is 3.02. The monoisotopic (exact) mass is 192 g/mol. The average Bonchev–Trinajstić information content (AvgIpc) is 2.79. The number of hydrogen-bond acceptors (Lipinski definition) is 3. The Balaban J connectivity index is 1.72. The Labute approximate surface area is 85.1 Å². The van der Waals surface area contributed by atoms with Crippen LogP contribution in [0, 0.1) is 23.7 Å². The van der Waals surface area contributed by atoms with Crippen molar-refractivity contribution in [3.8, 4) is 11.8 Å². The maximum atomic E-state index is 5.02. The molecule has 3 heteroatoms. The minimum atomic E-state index is 0.411. The molecule has 0 aromatic rings. The first-order valence-electron chi connectivity index (χ1n) is 5.17. The van der Waals surface area contributed by atoms with E-state index in [0.717, 1.165) is 12.5 Å². The van der Waals surface area contributed by atoms with E-state index in [4.69, 9.17) is 4.84 Å². The Kier molecular flexibility index (Phi) is 3.05. The van der Waals surface area contributed by atoms with Crippen LogP contribution < -0.4 is 0 Å². The van der Waals surface area contributed by atoms with Gasteiger partial charge in [-0.3, -0.25) is 0 Å². The number of fused-ring (bicyclic) bond motifs is 2. The third-order valence-corrected chi connectivity index (χ3v) is 3.02. The molecular formula is C11H16N2O. The predicted molar refractivity (Wildman–Crippen MR) is 55.9 cm³/mol. The molecule has 0 amide bonds. The second kappa shape index (κ2) is 4.47. The second-order valence-electron chi connectivity index (χ2n) is 3.93. The van der Waals surface area contributed by atoms with Gasteiger partial charge in [-0.25, -0.2) is 0 Å². The highest BCUT2D eigenvalue weighted by atomic mass is 16.6. The van der Waals surface area contributed by atoms with Gasteiger partial charge in [-0.05, 0) is 25.8 Å². The van der Waals surface area contributed by atoms with E-state index in [2.05, 4.69) is 21.9 Å². The summed E-state index contributed by atoms with van der Waals surface area (Å²) in [4.78, 5) is 7.51. The molecule has 76 valence electrons. The van der Waals surface area contributed by atoms with Crippen molar-refractivity contribution in [1.82, 2.24) is 4.90 Å². The Hall–Kier alpha value is -1.01. The van der Waals surface area contributed by atoms with Crippen LogP contribution in [0.2, 0.25) is 0 Å². The van der Waals surface area contributed by atoms with Crippen molar-refractivity contribution < 1.29 is 4.84 Å². The summed E-state index contributed by atoms with van der Waals surface area (Å²) in [7, 11) is 0. The van der Waals surface area contributed by atoms with Gasteiger partial charge in [0.2, 0.25) is 0 Å². The Morgan fingerprint density at radius 2 is 2.50 bits per heavy atom. The van der Waals surface area contributed by atoms with Crippen LogP contribution in [0.3, 0.4) is 0 Å². The zero-order valence-corrected chi connectivity index (χ0v) is 8.57. The lowest BCUT2D eigenvalue weighted by Crippen LogP contribution is -2.24. The fraction of sp³-hybridized carbons (Fsp3) is 0.727. The molecule has 14 heavy (non-hydrogen) atoms. The van der Waals surface area contributed by atoms with E-state index in [9.17, 15) is 0 Å². The molecule has 2 fully saturated rings. The van der Waals surface area contributed by atoms with Gasteiger partial charge in [-0.1, -0.05) is 11.1 Å². The minimum absolute atomic E-state index is 0.411. The van der Waals surface area contributed by atoms with Crippen molar-refractivity contribution >= 4 is 6.21 Å². The van der Waals surface area contributed by atoms with Crippen LogP contribution in [-0.4, -0.2) is 37.4 Å². The number of nitrogens with zero attached hydrogens (tertiary/aromatic N) is 2. The van der Waals surface area contributed by atoms with E-state index in [1.165, 1.54) is 19.5 Å². The molecule has 1 unspecified atom stereocenters. The van der Waals surface area contributed by atoms with Crippen molar-refractivity contribution in [2.24, 2.45) is 17.0 Å². The summed E-state index contributed by atoms with van der Waals surface area (Å²) in [6, 6.07) is 0. The van der Waals surface area contributed by atoms with E-state index in [1.54, 1.807) is 6.92 Å². The zero-order valence-electron chi connectivity index (χ0n) is 8.57. The lowest BCUT2D eigenvalue weighted by atomic mass is 9.94. The summed E-state index contributed by atoms with van der Waals surface area (Å²) in [5, 5.41) is 3.96. The van der Waals surface area contributed by atoms with Gasteiger partial charge in [0.25, 0.3) is 0 Å². The van der Waals surface area contributed by atoms with Gasteiger partial charge in [0, 0.05) is 25.2 Å². The number of oxime groups is 1. The summed E-state index contributed by atoms with van der Waals surface area (Å²) in [5.74, 6) is 7.01.